The number of benzene rings is 2. The monoisotopic (exact) mass is 325 g/mol. The zero-order valence-corrected chi connectivity index (χ0v) is 14.2. The molecule has 0 radical (unpaired) electrons. The van der Waals surface area contributed by atoms with Crippen molar-refractivity contribution in [3.8, 4) is 5.75 Å². The fraction of sp³-hybridized carbons (Fsp3) is 0.300. The molecule has 0 aliphatic heterocycles. The summed E-state index contributed by atoms with van der Waals surface area (Å²) in [5.74, 6) is 0.241. The van der Waals surface area contributed by atoms with Gasteiger partial charge in [-0.1, -0.05) is 37.6 Å². The van der Waals surface area contributed by atoms with Gasteiger partial charge in [0.15, 0.2) is 12.4 Å². The lowest BCUT2D eigenvalue weighted by Crippen LogP contribution is -2.20. The van der Waals surface area contributed by atoms with Crippen molar-refractivity contribution in [1.82, 2.24) is 0 Å². The van der Waals surface area contributed by atoms with Crippen LogP contribution in [0.5, 0.6) is 5.75 Å². The van der Waals surface area contributed by atoms with Gasteiger partial charge in [0.25, 0.3) is 5.91 Å². The Bertz CT molecular complexity index is 692. The smallest absolute Gasteiger partial charge is 0.262 e. The van der Waals surface area contributed by atoms with Gasteiger partial charge in [-0.05, 0) is 49.6 Å². The number of nitrogens with one attached hydrogen (secondary N) is 1. The highest BCUT2D eigenvalue weighted by Gasteiger charge is 2.06. The lowest BCUT2D eigenvalue weighted by molar-refractivity contribution is -0.118. The van der Waals surface area contributed by atoms with E-state index in [0.29, 0.717) is 11.3 Å². The molecule has 0 bridgehead atoms. The van der Waals surface area contributed by atoms with Crippen LogP contribution in [0.2, 0.25) is 0 Å². The molecule has 0 atom stereocenters. The second kappa shape index (κ2) is 8.87. The van der Waals surface area contributed by atoms with E-state index in [0.717, 1.165) is 12.1 Å². The molecule has 2 aromatic rings. The van der Waals surface area contributed by atoms with Crippen molar-refractivity contribution in [2.75, 3.05) is 11.9 Å². The van der Waals surface area contributed by atoms with Gasteiger partial charge < -0.3 is 10.1 Å². The first-order valence-electron chi connectivity index (χ1n) is 8.21. The highest BCUT2D eigenvalue weighted by atomic mass is 16.5. The summed E-state index contributed by atoms with van der Waals surface area (Å²) < 4.78 is 5.44. The van der Waals surface area contributed by atoms with E-state index >= 15 is 0 Å². The largest absolute Gasteiger partial charge is 0.484 e. The summed E-state index contributed by atoms with van der Waals surface area (Å²) in [6, 6.07) is 14.7. The highest BCUT2D eigenvalue weighted by Crippen LogP contribution is 2.15. The fourth-order valence-electron chi connectivity index (χ4n) is 2.29. The van der Waals surface area contributed by atoms with E-state index in [9.17, 15) is 9.59 Å². The van der Waals surface area contributed by atoms with Gasteiger partial charge in [-0.2, -0.15) is 0 Å². The normalized spacial score (nSPS) is 10.2. The van der Waals surface area contributed by atoms with Gasteiger partial charge in [-0.3, -0.25) is 9.59 Å². The molecule has 0 unspecified atom stereocenters. The standard InChI is InChI=1S/C20H23NO3/c1-3-4-6-16-9-11-18(12-10-16)21-20(23)14-24-19-8-5-7-17(13-19)15(2)22/h5,7-13H,3-4,6,14H2,1-2H3,(H,21,23). The van der Waals surface area contributed by atoms with Crippen LogP contribution in [-0.2, 0) is 11.2 Å². The molecule has 0 aliphatic carbocycles. The van der Waals surface area contributed by atoms with Gasteiger partial charge in [-0.15, -0.1) is 0 Å². The molecule has 126 valence electrons. The molecular weight excluding hydrogens is 302 g/mol. The van der Waals surface area contributed by atoms with Crippen molar-refractivity contribution < 1.29 is 14.3 Å². The summed E-state index contributed by atoms with van der Waals surface area (Å²) in [5, 5.41) is 2.80. The van der Waals surface area contributed by atoms with Crippen LogP contribution in [0.4, 0.5) is 5.69 Å². The molecule has 0 spiro atoms. The predicted octanol–water partition coefficient (Wildman–Crippen LogP) is 4.25. The molecule has 4 heteroatoms. The van der Waals surface area contributed by atoms with E-state index < -0.39 is 0 Å². The van der Waals surface area contributed by atoms with Crippen molar-refractivity contribution in [1.29, 1.82) is 0 Å². The van der Waals surface area contributed by atoms with Crippen LogP contribution in [-0.4, -0.2) is 18.3 Å². The van der Waals surface area contributed by atoms with Crippen LogP contribution < -0.4 is 10.1 Å². The highest BCUT2D eigenvalue weighted by molar-refractivity contribution is 5.94. The molecule has 2 rings (SSSR count). The van der Waals surface area contributed by atoms with E-state index in [4.69, 9.17) is 4.74 Å². The number of unbranched alkanes of at least 4 members (excludes halogenated alkanes) is 1. The maximum atomic E-state index is 12.0. The molecule has 0 aromatic heterocycles. The first-order chi connectivity index (χ1) is 11.6. The third-order valence-corrected chi connectivity index (χ3v) is 3.67. The fourth-order valence-corrected chi connectivity index (χ4v) is 2.29. The number of aryl methyl sites for hydroxylation is 1. The van der Waals surface area contributed by atoms with Gasteiger partial charge in [0.05, 0.1) is 0 Å². The Morgan fingerprint density at radius 2 is 1.83 bits per heavy atom. The first kappa shape index (κ1) is 17.7. The molecule has 4 nitrogen and oxygen atoms in total. The number of hydrogen-bond donors (Lipinski definition) is 1. The zero-order valence-electron chi connectivity index (χ0n) is 14.2. The number of amides is 1. The molecular formula is C20H23NO3. The quantitative estimate of drug-likeness (QED) is 0.738. The average Bonchev–Trinajstić information content (AvgIpc) is 2.59. The third kappa shape index (κ3) is 5.54. The van der Waals surface area contributed by atoms with E-state index in [1.807, 2.05) is 24.3 Å². The molecule has 0 aliphatic rings. The molecule has 24 heavy (non-hydrogen) atoms. The van der Waals surface area contributed by atoms with Crippen LogP contribution in [0.15, 0.2) is 48.5 Å². The number of Topliss-reactive ketones (excluding diaryl/α,β-unsaturated/α-hetero) is 1. The predicted molar refractivity (Wildman–Crippen MR) is 95.6 cm³/mol. The van der Waals surface area contributed by atoms with Gasteiger partial charge in [0.1, 0.15) is 5.75 Å². The number of ether oxygens (including phenoxy) is 1. The van der Waals surface area contributed by atoms with Crippen molar-refractivity contribution >= 4 is 17.4 Å². The van der Waals surface area contributed by atoms with Crippen LogP contribution in [0.25, 0.3) is 0 Å². The van der Waals surface area contributed by atoms with E-state index in [-0.39, 0.29) is 18.3 Å². The maximum absolute atomic E-state index is 12.0. The second-order valence-corrected chi connectivity index (χ2v) is 5.72. The number of carbonyl (C=O) groups excluding carboxylic acids is 2. The maximum Gasteiger partial charge on any atom is 0.262 e. The van der Waals surface area contributed by atoms with Crippen molar-refractivity contribution in [3.05, 3.63) is 59.7 Å². The number of anilines is 1. The Morgan fingerprint density at radius 1 is 1.08 bits per heavy atom. The molecule has 0 saturated heterocycles. The van der Waals surface area contributed by atoms with Crippen LogP contribution in [0.3, 0.4) is 0 Å². The summed E-state index contributed by atoms with van der Waals surface area (Å²) >= 11 is 0. The lowest BCUT2D eigenvalue weighted by atomic mass is 10.1. The summed E-state index contributed by atoms with van der Waals surface area (Å²) in [6.45, 7) is 3.57. The second-order valence-electron chi connectivity index (χ2n) is 5.72. The Morgan fingerprint density at radius 3 is 2.50 bits per heavy atom. The number of carbonyl (C=O) groups is 2. The Hall–Kier alpha value is -2.62. The molecule has 2 aromatic carbocycles. The van der Waals surface area contributed by atoms with Crippen LogP contribution >= 0.6 is 0 Å². The Balaban J connectivity index is 1.84. The SMILES string of the molecule is CCCCc1ccc(NC(=O)COc2cccc(C(C)=O)c2)cc1. The zero-order chi connectivity index (χ0) is 17.4. The minimum atomic E-state index is -0.232. The minimum Gasteiger partial charge on any atom is -0.484 e. The van der Waals surface area contributed by atoms with E-state index in [2.05, 4.69) is 12.2 Å². The van der Waals surface area contributed by atoms with E-state index in [1.54, 1.807) is 24.3 Å². The lowest BCUT2D eigenvalue weighted by Gasteiger charge is -2.09. The van der Waals surface area contributed by atoms with Gasteiger partial charge in [0.2, 0.25) is 0 Å². The van der Waals surface area contributed by atoms with Crippen LogP contribution in [0.1, 0.15) is 42.6 Å². The summed E-state index contributed by atoms with van der Waals surface area (Å²) in [5.41, 5.74) is 2.59. The van der Waals surface area contributed by atoms with Gasteiger partial charge in [0, 0.05) is 11.3 Å². The number of rotatable bonds is 8. The van der Waals surface area contributed by atoms with Gasteiger partial charge in [-0.25, -0.2) is 0 Å². The summed E-state index contributed by atoms with van der Waals surface area (Å²) in [7, 11) is 0. The van der Waals surface area contributed by atoms with E-state index in [1.165, 1.54) is 25.3 Å². The van der Waals surface area contributed by atoms with Crippen LogP contribution in [0, 0.1) is 0 Å². The number of ketones is 1. The average molecular weight is 325 g/mol. The Labute approximate surface area is 142 Å². The Kier molecular flexibility index (Phi) is 6.55. The van der Waals surface area contributed by atoms with Crippen molar-refractivity contribution in [2.45, 2.75) is 33.1 Å². The molecule has 0 fully saturated rings. The molecule has 1 amide bonds. The van der Waals surface area contributed by atoms with Crippen molar-refractivity contribution in [3.63, 3.8) is 0 Å². The molecule has 0 saturated carbocycles. The summed E-state index contributed by atoms with van der Waals surface area (Å²) in [4.78, 5) is 23.3. The summed E-state index contributed by atoms with van der Waals surface area (Å²) in [6.07, 6.45) is 3.39. The first-order valence-corrected chi connectivity index (χ1v) is 8.21. The number of hydrogen-bond acceptors (Lipinski definition) is 3. The molecule has 0 heterocycles. The van der Waals surface area contributed by atoms with Gasteiger partial charge >= 0.3 is 0 Å². The topological polar surface area (TPSA) is 55.4 Å². The van der Waals surface area contributed by atoms with Crippen molar-refractivity contribution in [2.24, 2.45) is 0 Å². The minimum absolute atomic E-state index is 0.0342. The third-order valence-electron chi connectivity index (χ3n) is 3.67. The molecule has 1 N–H and O–H groups in total.